The second kappa shape index (κ2) is 5.92. The lowest BCUT2D eigenvalue weighted by atomic mass is 10.1. The fraction of sp³-hybridized carbons (Fsp3) is 0.938. The minimum absolute atomic E-state index is 0.560. The molecule has 3 fully saturated rings. The van der Waals surface area contributed by atoms with E-state index in [0.29, 0.717) is 6.04 Å². The van der Waals surface area contributed by atoms with E-state index < -0.39 is 0 Å². The Morgan fingerprint density at radius 2 is 1.95 bits per heavy atom. The molecule has 0 aromatic carbocycles. The zero-order valence-corrected chi connectivity index (χ0v) is 13.2. The molecule has 3 rings (SSSR count). The van der Waals surface area contributed by atoms with Gasteiger partial charge in [0.25, 0.3) is 0 Å². The van der Waals surface area contributed by atoms with Crippen molar-refractivity contribution in [2.45, 2.75) is 52.1 Å². The molecule has 1 aliphatic heterocycles. The summed E-state index contributed by atoms with van der Waals surface area (Å²) in [6.45, 7) is 11.2. The van der Waals surface area contributed by atoms with E-state index >= 15 is 0 Å². The normalized spacial score (nSPS) is 38.0. The van der Waals surface area contributed by atoms with Crippen LogP contribution in [0, 0.1) is 17.8 Å². The van der Waals surface area contributed by atoms with Crippen LogP contribution in [-0.4, -0.2) is 49.1 Å². The highest BCUT2D eigenvalue weighted by molar-refractivity contribution is 5.80. The number of guanidine groups is 1. The molecule has 2 aliphatic carbocycles. The summed E-state index contributed by atoms with van der Waals surface area (Å²) in [6, 6.07) is 1.45. The second-order valence-electron chi connectivity index (χ2n) is 7.11. The lowest BCUT2D eigenvalue weighted by molar-refractivity contribution is 0.315. The molecule has 4 nitrogen and oxygen atoms in total. The van der Waals surface area contributed by atoms with Crippen LogP contribution in [0.3, 0.4) is 0 Å². The molecule has 0 aromatic heterocycles. The maximum atomic E-state index is 4.79. The highest BCUT2D eigenvalue weighted by Gasteiger charge is 2.38. The SMILES string of the molecule is CCNC(=NCC1CC1C)NC1CN(C2CC2)CC1C. The van der Waals surface area contributed by atoms with Crippen LogP contribution in [0.25, 0.3) is 0 Å². The van der Waals surface area contributed by atoms with Crippen molar-refractivity contribution in [3.8, 4) is 0 Å². The van der Waals surface area contributed by atoms with Crippen molar-refractivity contribution < 1.29 is 0 Å². The highest BCUT2D eigenvalue weighted by Crippen LogP contribution is 2.37. The summed E-state index contributed by atoms with van der Waals surface area (Å²) in [6.07, 6.45) is 4.18. The van der Waals surface area contributed by atoms with Gasteiger partial charge in [0.2, 0.25) is 0 Å². The zero-order chi connectivity index (χ0) is 14.1. The van der Waals surface area contributed by atoms with E-state index in [1.165, 1.54) is 32.4 Å². The van der Waals surface area contributed by atoms with E-state index in [0.717, 1.165) is 42.8 Å². The molecule has 3 aliphatic rings. The van der Waals surface area contributed by atoms with Crippen molar-refractivity contribution in [2.75, 3.05) is 26.2 Å². The first-order valence-electron chi connectivity index (χ1n) is 8.46. The molecule has 1 heterocycles. The molecule has 20 heavy (non-hydrogen) atoms. The van der Waals surface area contributed by atoms with Crippen molar-refractivity contribution in [3.05, 3.63) is 0 Å². The van der Waals surface area contributed by atoms with Gasteiger partial charge in [-0.25, -0.2) is 0 Å². The molecule has 0 bridgehead atoms. The van der Waals surface area contributed by atoms with Gasteiger partial charge in [-0.15, -0.1) is 0 Å². The lowest BCUT2D eigenvalue weighted by Gasteiger charge is -2.20. The van der Waals surface area contributed by atoms with Gasteiger partial charge >= 0.3 is 0 Å². The summed E-state index contributed by atoms with van der Waals surface area (Å²) >= 11 is 0. The summed E-state index contributed by atoms with van der Waals surface area (Å²) in [5.41, 5.74) is 0. The molecule has 0 aromatic rings. The summed E-state index contributed by atoms with van der Waals surface area (Å²) in [5, 5.41) is 7.08. The number of aliphatic imine (C=N–C) groups is 1. The van der Waals surface area contributed by atoms with Crippen LogP contribution in [0.4, 0.5) is 0 Å². The van der Waals surface area contributed by atoms with E-state index in [1.54, 1.807) is 0 Å². The maximum absolute atomic E-state index is 4.79. The Morgan fingerprint density at radius 3 is 2.55 bits per heavy atom. The zero-order valence-electron chi connectivity index (χ0n) is 13.2. The summed E-state index contributed by atoms with van der Waals surface area (Å²) in [7, 11) is 0. The average molecular weight is 278 g/mol. The number of nitrogens with zero attached hydrogens (tertiary/aromatic N) is 2. The van der Waals surface area contributed by atoms with Crippen LogP contribution in [0.1, 0.15) is 40.0 Å². The standard InChI is InChI=1S/C16H30N4/c1-4-17-16(18-8-13-7-11(13)2)19-15-10-20(9-12(15)3)14-5-6-14/h11-15H,4-10H2,1-3H3,(H2,17,18,19). The predicted molar refractivity (Wildman–Crippen MR) is 83.9 cm³/mol. The van der Waals surface area contributed by atoms with Crippen LogP contribution in [0.5, 0.6) is 0 Å². The van der Waals surface area contributed by atoms with Gasteiger partial charge in [0.1, 0.15) is 0 Å². The van der Waals surface area contributed by atoms with Crippen LogP contribution in [0.2, 0.25) is 0 Å². The lowest BCUT2D eigenvalue weighted by Crippen LogP contribution is -2.46. The number of likely N-dealkylation sites (tertiary alicyclic amines) is 1. The van der Waals surface area contributed by atoms with Crippen molar-refractivity contribution >= 4 is 5.96 Å². The molecule has 2 N–H and O–H groups in total. The maximum Gasteiger partial charge on any atom is 0.191 e. The van der Waals surface area contributed by atoms with E-state index in [-0.39, 0.29) is 0 Å². The van der Waals surface area contributed by atoms with Crippen molar-refractivity contribution in [2.24, 2.45) is 22.7 Å². The monoisotopic (exact) mass is 278 g/mol. The molecule has 4 heteroatoms. The van der Waals surface area contributed by atoms with Crippen LogP contribution < -0.4 is 10.6 Å². The van der Waals surface area contributed by atoms with Gasteiger partial charge in [-0.2, -0.15) is 0 Å². The smallest absolute Gasteiger partial charge is 0.191 e. The van der Waals surface area contributed by atoms with Gasteiger partial charge in [-0.1, -0.05) is 13.8 Å². The molecule has 1 saturated heterocycles. The van der Waals surface area contributed by atoms with Crippen molar-refractivity contribution in [1.29, 1.82) is 0 Å². The highest BCUT2D eigenvalue weighted by atomic mass is 15.3. The molecular weight excluding hydrogens is 248 g/mol. The van der Waals surface area contributed by atoms with Crippen molar-refractivity contribution in [3.63, 3.8) is 0 Å². The van der Waals surface area contributed by atoms with Crippen LogP contribution in [0.15, 0.2) is 4.99 Å². The fourth-order valence-electron chi connectivity index (χ4n) is 3.29. The molecule has 114 valence electrons. The molecule has 2 saturated carbocycles. The number of rotatable bonds is 5. The Morgan fingerprint density at radius 1 is 1.20 bits per heavy atom. The minimum atomic E-state index is 0.560. The second-order valence-corrected chi connectivity index (χ2v) is 7.11. The number of nitrogens with one attached hydrogen (secondary N) is 2. The van der Waals surface area contributed by atoms with Gasteiger partial charge in [0.05, 0.1) is 0 Å². The first kappa shape index (κ1) is 14.2. The quantitative estimate of drug-likeness (QED) is 0.594. The first-order valence-corrected chi connectivity index (χ1v) is 8.46. The molecule has 4 unspecified atom stereocenters. The molecule has 4 atom stereocenters. The molecule has 0 radical (unpaired) electrons. The Labute approximate surface area is 123 Å². The van der Waals surface area contributed by atoms with Gasteiger partial charge in [0.15, 0.2) is 5.96 Å². The third kappa shape index (κ3) is 3.46. The van der Waals surface area contributed by atoms with Crippen LogP contribution >= 0.6 is 0 Å². The third-order valence-electron chi connectivity index (χ3n) is 5.13. The number of hydrogen-bond acceptors (Lipinski definition) is 2. The van der Waals surface area contributed by atoms with Crippen LogP contribution in [-0.2, 0) is 0 Å². The Kier molecular flexibility index (Phi) is 4.20. The van der Waals surface area contributed by atoms with E-state index in [9.17, 15) is 0 Å². The summed E-state index contributed by atoms with van der Waals surface area (Å²) in [4.78, 5) is 7.45. The topological polar surface area (TPSA) is 39.7 Å². The fourth-order valence-corrected chi connectivity index (χ4v) is 3.29. The Balaban J connectivity index is 1.52. The van der Waals surface area contributed by atoms with Crippen molar-refractivity contribution in [1.82, 2.24) is 15.5 Å². The Bertz CT molecular complexity index is 363. The van der Waals surface area contributed by atoms with E-state index in [4.69, 9.17) is 4.99 Å². The Hall–Kier alpha value is -0.770. The van der Waals surface area contributed by atoms with Gasteiger partial charge in [-0.3, -0.25) is 9.89 Å². The minimum Gasteiger partial charge on any atom is -0.357 e. The average Bonchev–Trinajstić information content (AvgIpc) is 3.31. The van der Waals surface area contributed by atoms with Gasteiger partial charge in [-0.05, 0) is 43.9 Å². The van der Waals surface area contributed by atoms with Gasteiger partial charge in [0, 0.05) is 38.3 Å². The van der Waals surface area contributed by atoms with Gasteiger partial charge < -0.3 is 10.6 Å². The summed E-state index contributed by atoms with van der Waals surface area (Å²) < 4.78 is 0. The molecule has 0 spiro atoms. The largest absolute Gasteiger partial charge is 0.357 e. The number of hydrogen-bond donors (Lipinski definition) is 2. The third-order valence-corrected chi connectivity index (χ3v) is 5.13. The van der Waals surface area contributed by atoms with E-state index in [2.05, 4.69) is 36.3 Å². The first-order chi connectivity index (χ1) is 9.67. The molecular formula is C16H30N4. The summed E-state index contributed by atoms with van der Waals surface area (Å²) in [5.74, 6) is 3.47. The van der Waals surface area contributed by atoms with E-state index in [1.807, 2.05) is 0 Å². The predicted octanol–water partition coefficient (Wildman–Crippen LogP) is 1.68. The molecule has 0 amide bonds.